The number of hydrogen-bond donors (Lipinski definition) is 0. The highest BCUT2D eigenvalue weighted by Gasteiger charge is 0.00201. The summed E-state index contributed by atoms with van der Waals surface area (Å²) in [6.07, 6.45) is 0. The predicted octanol–water partition coefficient (Wildman–Crippen LogP) is 0.301. The molecule has 0 aliphatic rings. The van der Waals surface area contributed by atoms with Gasteiger partial charge in [-0.25, -0.2) is 0 Å². The van der Waals surface area contributed by atoms with Crippen molar-refractivity contribution in [1.29, 1.82) is 0 Å². The lowest BCUT2D eigenvalue weighted by atomic mass is 16.0. The van der Waals surface area contributed by atoms with Crippen LogP contribution < -0.4 is 0 Å². The van der Waals surface area contributed by atoms with Crippen LogP contribution in [0.15, 0.2) is 0 Å². The molecule has 0 heterocycles. The summed E-state index contributed by atoms with van der Waals surface area (Å²) in [7, 11) is 0. The standard InChI is InChI=1S/FH.O.S.Si/h1H;;;. The van der Waals surface area contributed by atoms with Crippen LogP contribution in [-0.2, 0) is 5.48 Å². The molecule has 0 atom stereocenters. The quantitative estimate of drug-likeness (QED) is 0.388. The normalized spacial score (nSPS) is 0. The Hall–Kier alpha value is 0.457. The highest BCUT2D eigenvalue weighted by atomic mass is 32.1. The zero-order valence-electron chi connectivity index (χ0n) is 1.72. The third kappa shape index (κ3) is 25.0. The molecule has 0 aromatic rings. The van der Waals surface area contributed by atoms with Crippen LogP contribution in [0.5, 0.6) is 0 Å². The van der Waals surface area contributed by atoms with E-state index < -0.39 is 0 Å². The molecule has 0 bridgehead atoms. The topological polar surface area (TPSA) is 28.5 Å². The minimum absolute atomic E-state index is 0. The summed E-state index contributed by atoms with van der Waals surface area (Å²) < 4.78 is 0. The molecule has 4 heavy (non-hydrogen) atoms. The van der Waals surface area contributed by atoms with Gasteiger partial charge in [-0.1, -0.05) is 0 Å². The zero-order chi connectivity index (χ0) is 0. The highest BCUT2D eigenvalue weighted by molar-refractivity contribution is 7.59. The lowest BCUT2D eigenvalue weighted by Crippen LogP contribution is -0.381. The fourth-order valence-corrected chi connectivity index (χ4v) is 0. The fourth-order valence-electron chi connectivity index (χ4n) is 0. The molecule has 0 unspecified atom stereocenters. The van der Waals surface area contributed by atoms with Gasteiger partial charge in [-0.05, 0) is 0 Å². The van der Waals surface area contributed by atoms with E-state index >= 15 is 0 Å². The monoisotopic (exact) mass is 96.0 g/mol. The average molecular weight is 96.2 g/mol. The van der Waals surface area contributed by atoms with Gasteiger partial charge in [0.1, 0.15) is 0 Å². The highest BCUT2D eigenvalue weighted by Crippen LogP contribution is 0.648. The Labute approximate surface area is 35.5 Å². The van der Waals surface area contributed by atoms with Crippen molar-refractivity contribution in [3.63, 3.8) is 0 Å². The maximum atomic E-state index is 0. The summed E-state index contributed by atoms with van der Waals surface area (Å²) in [6.45, 7) is 0. The van der Waals surface area contributed by atoms with Crippen LogP contribution in [0, 0.1) is 0 Å². The van der Waals surface area contributed by atoms with Crippen molar-refractivity contribution in [3.05, 3.63) is 0 Å². The van der Waals surface area contributed by atoms with Crippen molar-refractivity contribution < 1.29 is 10.2 Å². The fraction of sp³-hybridized carbons (Fsp3) is 0. The predicted molar refractivity (Wildman–Crippen MR) is 16.5 cm³/mol. The van der Waals surface area contributed by atoms with Crippen LogP contribution in [0.3, 0.4) is 0 Å². The van der Waals surface area contributed by atoms with Gasteiger partial charge in [0.2, 0.25) is 0 Å². The molecule has 0 N–H and O–H groups in total. The van der Waals surface area contributed by atoms with Crippen molar-refractivity contribution in [1.82, 2.24) is 0 Å². The molecule has 0 aliphatic carbocycles. The Morgan fingerprint density at radius 1 is 1.00 bits per heavy atom. The molecule has 8 radical (unpaired) electrons. The first kappa shape index (κ1) is 255. The average Bonchev–Trinajstić information content (AvgIpc) is 0. The molecule has 0 amide bonds. The van der Waals surface area contributed by atoms with Gasteiger partial charge in [-0.2, -0.15) is 0 Å². The van der Waals surface area contributed by atoms with Gasteiger partial charge in [0.05, 0.1) is 0 Å². The summed E-state index contributed by atoms with van der Waals surface area (Å²) in [4.78, 5) is 0. The molecule has 0 aromatic heterocycles. The zero-order valence-corrected chi connectivity index (χ0v) is 3.54. The van der Waals surface area contributed by atoms with Crippen LogP contribution in [-0.4, -0.2) is 11.0 Å². The van der Waals surface area contributed by atoms with Crippen LogP contribution >= 0.6 is 13.5 Å². The Balaban J connectivity index is 0. The largest absolute Gasteiger partial charge is 0.269 e. The van der Waals surface area contributed by atoms with Gasteiger partial charge < -0.3 is 0 Å². The molecular weight excluding hydrogens is 95.1 g/mol. The van der Waals surface area contributed by atoms with Crippen LogP contribution in [0.2, 0.25) is 0 Å². The third-order valence-corrected chi connectivity index (χ3v) is 0. The van der Waals surface area contributed by atoms with Crippen molar-refractivity contribution >= 4 is 24.5 Å². The van der Waals surface area contributed by atoms with E-state index in [4.69, 9.17) is 0 Å². The Morgan fingerprint density at radius 2 is 1.00 bits per heavy atom. The molecule has 1 nitrogen and oxygen atoms in total. The van der Waals surface area contributed by atoms with Gasteiger partial charge in [0.25, 0.3) is 0 Å². The summed E-state index contributed by atoms with van der Waals surface area (Å²) in [6, 6.07) is 0. The summed E-state index contributed by atoms with van der Waals surface area (Å²) >= 11 is 0. The van der Waals surface area contributed by atoms with E-state index in [-0.39, 0.29) is 34.6 Å². The molecule has 24 valence electrons. The van der Waals surface area contributed by atoms with E-state index in [0.29, 0.717) is 0 Å². The lowest BCUT2D eigenvalue weighted by molar-refractivity contribution is 0.686. The molecule has 0 spiro atoms. The van der Waals surface area contributed by atoms with Crippen LogP contribution in [0.1, 0.15) is 0 Å². The molecular formula is HFOSSi. The molecule has 4 heteroatoms. The van der Waals surface area contributed by atoms with Gasteiger partial charge in [0.15, 0.2) is 0 Å². The van der Waals surface area contributed by atoms with E-state index in [9.17, 15) is 0 Å². The minimum atomic E-state index is 0. The van der Waals surface area contributed by atoms with Crippen molar-refractivity contribution in [3.8, 4) is 0 Å². The first-order valence-electron chi connectivity index (χ1n) is 0. The minimum Gasteiger partial charge on any atom is -0.269 e. The number of halogens is 1. The Kier molecular flexibility index (Phi) is 6380. The second-order valence-corrected chi connectivity index (χ2v) is 0. The third-order valence-electron chi connectivity index (χ3n) is 0. The number of hydrogen-bond acceptors (Lipinski definition) is 0. The SMILES string of the molecule is F.[O].[S].[Si]. The van der Waals surface area contributed by atoms with Gasteiger partial charge in [0, 0.05) is 29.9 Å². The Morgan fingerprint density at radius 3 is 1.00 bits per heavy atom. The maximum Gasteiger partial charge on any atom is 0 e. The van der Waals surface area contributed by atoms with Crippen LogP contribution in [0.4, 0.5) is 4.70 Å². The van der Waals surface area contributed by atoms with E-state index in [0.717, 1.165) is 0 Å². The summed E-state index contributed by atoms with van der Waals surface area (Å²) in [5.74, 6) is 0. The second-order valence-electron chi connectivity index (χ2n) is 0. The number of rotatable bonds is 0. The molecule has 0 aliphatic heterocycles. The van der Waals surface area contributed by atoms with E-state index in [2.05, 4.69) is 0 Å². The van der Waals surface area contributed by atoms with E-state index in [1.165, 1.54) is 0 Å². The van der Waals surface area contributed by atoms with E-state index in [1.54, 1.807) is 0 Å². The summed E-state index contributed by atoms with van der Waals surface area (Å²) in [5, 5.41) is 0. The first-order valence-corrected chi connectivity index (χ1v) is 0. The van der Waals surface area contributed by atoms with Gasteiger partial charge in [-0.3, -0.25) is 4.70 Å². The summed E-state index contributed by atoms with van der Waals surface area (Å²) in [5.41, 5.74) is 0. The smallest absolute Gasteiger partial charge is 0 e. The molecule has 0 saturated heterocycles. The van der Waals surface area contributed by atoms with Crippen molar-refractivity contribution in [2.24, 2.45) is 0 Å². The first-order chi connectivity index (χ1) is 0. The molecule has 0 rings (SSSR count). The van der Waals surface area contributed by atoms with E-state index in [1.807, 2.05) is 0 Å². The van der Waals surface area contributed by atoms with Crippen molar-refractivity contribution in [2.75, 3.05) is 0 Å². The molecule has 0 fully saturated rings. The maximum absolute atomic E-state index is 0. The van der Waals surface area contributed by atoms with Gasteiger partial charge in [-0.15, -0.1) is 0 Å². The van der Waals surface area contributed by atoms with Crippen molar-refractivity contribution in [2.45, 2.75) is 0 Å². The molecule has 0 saturated carbocycles. The molecule has 0 aromatic carbocycles. The Bertz CT molecular complexity index is 8.00. The van der Waals surface area contributed by atoms with Crippen LogP contribution in [0.25, 0.3) is 0 Å². The second kappa shape index (κ2) is 100.0. The van der Waals surface area contributed by atoms with Gasteiger partial charge >= 0.3 is 0 Å². The lowest BCUT2D eigenvalue weighted by Gasteiger charge is -0.269.